The molecular weight excluding hydrogens is 300 g/mol. The molecule has 1 aromatic rings. The van der Waals surface area contributed by atoms with Crippen molar-refractivity contribution in [1.82, 2.24) is 10.2 Å². The number of hydrogen-bond donors (Lipinski definition) is 2. The number of nitrogens with zero attached hydrogens (tertiary/aromatic N) is 1. The van der Waals surface area contributed by atoms with Crippen LogP contribution in [-0.2, 0) is 6.61 Å². The van der Waals surface area contributed by atoms with Gasteiger partial charge in [-0.2, -0.15) is 0 Å². The van der Waals surface area contributed by atoms with Crippen molar-refractivity contribution in [2.45, 2.75) is 67.0 Å². The van der Waals surface area contributed by atoms with Crippen molar-refractivity contribution < 1.29 is 9.90 Å². The number of piperidine rings is 1. The third-order valence-electron chi connectivity index (χ3n) is 3.49. The Balaban J connectivity index is 0. The summed E-state index contributed by atoms with van der Waals surface area (Å²) in [5.74, 6) is -0.0748. The summed E-state index contributed by atoms with van der Waals surface area (Å²) >= 11 is 0. The van der Waals surface area contributed by atoms with Gasteiger partial charge in [-0.1, -0.05) is 59.7 Å². The maximum absolute atomic E-state index is 12.1. The second kappa shape index (κ2) is 16.5. The van der Waals surface area contributed by atoms with Crippen molar-refractivity contribution in [1.29, 1.82) is 0 Å². The van der Waals surface area contributed by atoms with Crippen LogP contribution >= 0.6 is 0 Å². The summed E-state index contributed by atoms with van der Waals surface area (Å²) in [6, 6.07) is 7.44. The highest BCUT2D eigenvalue weighted by Gasteiger charge is 2.19. The quantitative estimate of drug-likeness (QED) is 0.873. The highest BCUT2D eigenvalue weighted by atomic mass is 16.3. The first-order valence-electron chi connectivity index (χ1n) is 9.39. The van der Waals surface area contributed by atoms with Gasteiger partial charge >= 0.3 is 0 Å². The van der Waals surface area contributed by atoms with Crippen LogP contribution in [-0.4, -0.2) is 42.1 Å². The molecule has 2 N–H and O–H groups in total. The maximum atomic E-state index is 12.1. The normalized spacial score (nSPS) is 14.0. The molecule has 1 aliphatic heterocycles. The minimum Gasteiger partial charge on any atom is -0.392 e. The Morgan fingerprint density at radius 1 is 1.08 bits per heavy atom. The van der Waals surface area contributed by atoms with Crippen molar-refractivity contribution in [3.63, 3.8) is 0 Å². The van der Waals surface area contributed by atoms with E-state index in [2.05, 4.69) is 17.3 Å². The molecule has 4 heteroatoms. The van der Waals surface area contributed by atoms with Gasteiger partial charge in [-0.25, -0.2) is 0 Å². The number of aliphatic hydroxyl groups is 1. The fourth-order valence-electron chi connectivity index (χ4n) is 2.30. The molecule has 0 unspecified atom stereocenters. The average Bonchev–Trinajstić information content (AvgIpc) is 2.68. The maximum Gasteiger partial charge on any atom is 0.251 e. The Hall–Kier alpha value is -1.39. The van der Waals surface area contributed by atoms with Crippen molar-refractivity contribution in [3.8, 4) is 0 Å². The van der Waals surface area contributed by atoms with E-state index in [4.69, 9.17) is 0 Å². The van der Waals surface area contributed by atoms with Gasteiger partial charge in [0.15, 0.2) is 0 Å². The molecule has 0 spiro atoms. The molecule has 0 bridgehead atoms. The zero-order valence-corrected chi connectivity index (χ0v) is 16.7. The molecule has 1 fully saturated rings. The molecule has 140 valence electrons. The molecule has 0 aliphatic carbocycles. The molecule has 0 saturated carbocycles. The summed E-state index contributed by atoms with van der Waals surface area (Å²) in [6.45, 7) is 13.9. The van der Waals surface area contributed by atoms with Crippen molar-refractivity contribution in [3.05, 3.63) is 35.4 Å². The number of hydrogen-bond acceptors (Lipinski definition) is 3. The van der Waals surface area contributed by atoms with E-state index in [1.807, 2.05) is 53.7 Å². The molecule has 2 rings (SSSR count). The number of aliphatic hydroxyl groups excluding tert-OH is 1. The van der Waals surface area contributed by atoms with Crippen LogP contribution in [0.25, 0.3) is 0 Å². The van der Waals surface area contributed by atoms with E-state index in [1.165, 1.54) is 0 Å². The first-order valence-corrected chi connectivity index (χ1v) is 9.39. The lowest BCUT2D eigenvalue weighted by atomic mass is 10.0. The minimum atomic E-state index is -0.100. The van der Waals surface area contributed by atoms with Crippen LogP contribution in [0.15, 0.2) is 24.3 Å². The van der Waals surface area contributed by atoms with Gasteiger partial charge in [0.25, 0.3) is 5.91 Å². The summed E-state index contributed by atoms with van der Waals surface area (Å²) in [5, 5.41) is 12.3. The Kier molecular flexibility index (Phi) is 17.1. The van der Waals surface area contributed by atoms with E-state index in [9.17, 15) is 9.90 Å². The van der Waals surface area contributed by atoms with Crippen molar-refractivity contribution in [2.75, 3.05) is 20.1 Å². The standard InChI is InChI=1S/C14H20N2O2.3C2H6/c1-16-8-6-12(7-9-16)15-14(18)13-5-3-2-4-11(13)10-17;3*1-2/h2-5,12,17H,6-10H2,1H3,(H,15,18);3*1-2H3. The predicted molar refractivity (Wildman–Crippen MR) is 104 cm³/mol. The van der Waals surface area contributed by atoms with Gasteiger partial charge in [0.1, 0.15) is 0 Å². The Bertz CT molecular complexity index is 414. The molecule has 4 nitrogen and oxygen atoms in total. The Morgan fingerprint density at radius 3 is 2.08 bits per heavy atom. The van der Waals surface area contributed by atoms with Gasteiger partial charge in [0.05, 0.1) is 6.61 Å². The van der Waals surface area contributed by atoms with Crippen LogP contribution in [0.1, 0.15) is 70.3 Å². The number of amides is 1. The number of nitrogens with one attached hydrogen (secondary N) is 1. The van der Waals surface area contributed by atoms with Gasteiger partial charge < -0.3 is 15.3 Å². The monoisotopic (exact) mass is 338 g/mol. The summed E-state index contributed by atoms with van der Waals surface area (Å²) in [4.78, 5) is 14.4. The second-order valence-electron chi connectivity index (χ2n) is 4.87. The predicted octanol–water partition coefficient (Wildman–Crippen LogP) is 4.08. The van der Waals surface area contributed by atoms with Crippen LogP contribution in [0.5, 0.6) is 0 Å². The summed E-state index contributed by atoms with van der Waals surface area (Å²) < 4.78 is 0. The largest absolute Gasteiger partial charge is 0.392 e. The van der Waals surface area contributed by atoms with Crippen LogP contribution in [0.3, 0.4) is 0 Å². The zero-order valence-electron chi connectivity index (χ0n) is 16.7. The molecule has 1 saturated heterocycles. The molecule has 0 radical (unpaired) electrons. The zero-order chi connectivity index (χ0) is 19.0. The highest BCUT2D eigenvalue weighted by molar-refractivity contribution is 5.95. The van der Waals surface area contributed by atoms with Crippen molar-refractivity contribution in [2.24, 2.45) is 0 Å². The van der Waals surface area contributed by atoms with Gasteiger partial charge in [-0.05, 0) is 44.6 Å². The van der Waals surface area contributed by atoms with Crippen LogP contribution in [0, 0.1) is 0 Å². The topological polar surface area (TPSA) is 52.6 Å². The molecular formula is C20H38N2O2. The molecule has 1 aliphatic rings. The van der Waals surface area contributed by atoms with Gasteiger partial charge in [-0.15, -0.1) is 0 Å². The SMILES string of the molecule is CC.CC.CC.CN1CCC(NC(=O)c2ccccc2CO)CC1. The number of rotatable bonds is 3. The summed E-state index contributed by atoms with van der Waals surface area (Å²) in [5.41, 5.74) is 1.27. The van der Waals surface area contributed by atoms with E-state index in [1.54, 1.807) is 12.1 Å². The van der Waals surface area contributed by atoms with Gasteiger partial charge in [0, 0.05) is 11.6 Å². The smallest absolute Gasteiger partial charge is 0.251 e. The molecule has 1 amide bonds. The third kappa shape index (κ3) is 9.04. The minimum absolute atomic E-state index is 0.0748. The lowest BCUT2D eigenvalue weighted by Crippen LogP contribution is -2.43. The van der Waals surface area contributed by atoms with E-state index < -0.39 is 0 Å². The van der Waals surface area contributed by atoms with Crippen LogP contribution < -0.4 is 5.32 Å². The number of carbonyl (C=O) groups excluding carboxylic acids is 1. The summed E-state index contributed by atoms with van der Waals surface area (Å²) in [6.07, 6.45) is 1.98. The van der Waals surface area contributed by atoms with Crippen LogP contribution in [0.4, 0.5) is 0 Å². The number of benzene rings is 1. The first kappa shape index (κ1) is 24.9. The molecule has 0 atom stereocenters. The van der Waals surface area contributed by atoms with E-state index >= 15 is 0 Å². The Morgan fingerprint density at radius 2 is 1.58 bits per heavy atom. The number of likely N-dealkylation sites (tertiary alicyclic amines) is 1. The lowest BCUT2D eigenvalue weighted by molar-refractivity contribution is 0.0913. The Labute approximate surface area is 149 Å². The van der Waals surface area contributed by atoms with Crippen LogP contribution in [0.2, 0.25) is 0 Å². The first-order chi connectivity index (χ1) is 11.7. The van der Waals surface area contributed by atoms with Gasteiger partial charge in [0.2, 0.25) is 0 Å². The average molecular weight is 339 g/mol. The lowest BCUT2D eigenvalue weighted by Gasteiger charge is -2.29. The second-order valence-corrected chi connectivity index (χ2v) is 4.87. The molecule has 24 heavy (non-hydrogen) atoms. The van der Waals surface area contributed by atoms with Gasteiger partial charge in [-0.3, -0.25) is 4.79 Å². The molecule has 1 aromatic carbocycles. The molecule has 1 heterocycles. The summed E-state index contributed by atoms with van der Waals surface area (Å²) in [7, 11) is 2.10. The van der Waals surface area contributed by atoms with E-state index in [-0.39, 0.29) is 18.6 Å². The molecule has 0 aromatic heterocycles. The van der Waals surface area contributed by atoms with Crippen molar-refractivity contribution >= 4 is 5.91 Å². The fourth-order valence-corrected chi connectivity index (χ4v) is 2.30. The van der Waals surface area contributed by atoms with E-state index in [0.717, 1.165) is 25.9 Å². The third-order valence-corrected chi connectivity index (χ3v) is 3.49. The fraction of sp³-hybridized carbons (Fsp3) is 0.650. The van der Waals surface area contributed by atoms with E-state index in [0.29, 0.717) is 11.1 Å². The number of carbonyl (C=O) groups is 1. The highest BCUT2D eigenvalue weighted by Crippen LogP contribution is 2.12.